The van der Waals surface area contributed by atoms with Crippen molar-refractivity contribution in [1.82, 2.24) is 4.98 Å². The number of ether oxygens (including phenoxy) is 2. The largest absolute Gasteiger partial charge is 0.458 e. The maximum Gasteiger partial charge on any atom is 0.357 e. The molecule has 86 valence electrons. The van der Waals surface area contributed by atoms with Crippen LogP contribution in [0.2, 0.25) is 0 Å². The molecule has 4 heteroatoms. The minimum absolute atomic E-state index is 0.0441. The number of nitrogens with zero attached hydrogens (tertiary/aromatic N) is 1. The number of hydrogen-bond acceptors (Lipinski definition) is 4. The fourth-order valence-corrected chi connectivity index (χ4v) is 1.73. The van der Waals surface area contributed by atoms with E-state index in [1.807, 2.05) is 6.92 Å². The molecule has 1 saturated heterocycles. The summed E-state index contributed by atoms with van der Waals surface area (Å²) in [7, 11) is 0. The minimum atomic E-state index is -0.385. The molecule has 1 aromatic heterocycles. The second-order valence-electron chi connectivity index (χ2n) is 3.96. The van der Waals surface area contributed by atoms with Crippen LogP contribution in [0, 0.1) is 0 Å². The molecule has 0 unspecified atom stereocenters. The van der Waals surface area contributed by atoms with Gasteiger partial charge in [-0.2, -0.15) is 0 Å². The Bertz CT molecular complexity index is 353. The molecule has 16 heavy (non-hydrogen) atoms. The summed E-state index contributed by atoms with van der Waals surface area (Å²) >= 11 is 0. The summed E-state index contributed by atoms with van der Waals surface area (Å²) in [6.45, 7) is 2.35. The standard InChI is InChI=1S/C12H15NO3/c1-9-5-6-10(16-9)8-15-12(14)11-4-2-3-7-13-11/h2-4,7,9-10H,5-6,8H2,1H3/t9-,10-/m0/s1. The molecule has 0 aromatic carbocycles. The Hall–Kier alpha value is -1.42. The Balaban J connectivity index is 1.80. The fraction of sp³-hybridized carbons (Fsp3) is 0.500. The highest BCUT2D eigenvalue weighted by Crippen LogP contribution is 2.19. The summed E-state index contributed by atoms with van der Waals surface area (Å²) in [4.78, 5) is 15.5. The van der Waals surface area contributed by atoms with Gasteiger partial charge in [0.15, 0.2) is 0 Å². The third-order valence-electron chi connectivity index (χ3n) is 2.59. The third kappa shape index (κ3) is 2.79. The van der Waals surface area contributed by atoms with E-state index < -0.39 is 0 Å². The number of aromatic nitrogens is 1. The Kier molecular flexibility index (Phi) is 3.51. The first-order valence-electron chi connectivity index (χ1n) is 5.49. The lowest BCUT2D eigenvalue weighted by molar-refractivity contribution is -0.00299. The second kappa shape index (κ2) is 5.07. The number of pyridine rings is 1. The molecule has 1 aliphatic heterocycles. The van der Waals surface area contributed by atoms with Crippen LogP contribution in [-0.4, -0.2) is 29.8 Å². The molecule has 1 aliphatic rings. The Morgan fingerprint density at radius 1 is 1.56 bits per heavy atom. The SMILES string of the molecule is C[C@H]1CC[C@@H](COC(=O)c2ccccn2)O1. The predicted molar refractivity (Wildman–Crippen MR) is 58.1 cm³/mol. The van der Waals surface area contributed by atoms with Crippen LogP contribution in [-0.2, 0) is 9.47 Å². The summed E-state index contributed by atoms with van der Waals surface area (Å²) in [5, 5.41) is 0. The van der Waals surface area contributed by atoms with Crippen LogP contribution in [0.4, 0.5) is 0 Å². The van der Waals surface area contributed by atoms with Gasteiger partial charge in [0, 0.05) is 6.20 Å². The molecular weight excluding hydrogens is 206 g/mol. The van der Waals surface area contributed by atoms with E-state index in [9.17, 15) is 4.79 Å². The van der Waals surface area contributed by atoms with Gasteiger partial charge in [0.1, 0.15) is 12.3 Å². The molecule has 2 atom stereocenters. The fourth-order valence-electron chi connectivity index (χ4n) is 1.73. The van der Waals surface area contributed by atoms with Crippen LogP contribution in [0.3, 0.4) is 0 Å². The molecule has 0 saturated carbocycles. The van der Waals surface area contributed by atoms with Crippen LogP contribution in [0.5, 0.6) is 0 Å². The molecule has 2 rings (SSSR count). The first-order valence-corrected chi connectivity index (χ1v) is 5.49. The highest BCUT2D eigenvalue weighted by molar-refractivity contribution is 5.87. The lowest BCUT2D eigenvalue weighted by atomic mass is 10.2. The van der Waals surface area contributed by atoms with Gasteiger partial charge < -0.3 is 9.47 Å². The predicted octanol–water partition coefficient (Wildman–Crippen LogP) is 1.81. The number of carbonyl (C=O) groups excluding carboxylic acids is 1. The molecule has 0 spiro atoms. The first-order chi connectivity index (χ1) is 7.75. The van der Waals surface area contributed by atoms with Crippen LogP contribution < -0.4 is 0 Å². The van der Waals surface area contributed by atoms with Crippen LogP contribution in [0.25, 0.3) is 0 Å². The smallest absolute Gasteiger partial charge is 0.357 e. The Labute approximate surface area is 94.6 Å². The van der Waals surface area contributed by atoms with E-state index in [0.717, 1.165) is 12.8 Å². The maximum atomic E-state index is 11.5. The van der Waals surface area contributed by atoms with E-state index in [1.165, 1.54) is 0 Å². The van der Waals surface area contributed by atoms with Crippen LogP contribution in [0.15, 0.2) is 24.4 Å². The van der Waals surface area contributed by atoms with Gasteiger partial charge in [0.25, 0.3) is 0 Å². The van der Waals surface area contributed by atoms with Gasteiger partial charge in [-0.1, -0.05) is 6.07 Å². The highest BCUT2D eigenvalue weighted by atomic mass is 16.6. The van der Waals surface area contributed by atoms with Gasteiger partial charge in [-0.25, -0.2) is 9.78 Å². The highest BCUT2D eigenvalue weighted by Gasteiger charge is 2.23. The molecule has 2 heterocycles. The van der Waals surface area contributed by atoms with Crippen molar-refractivity contribution in [3.63, 3.8) is 0 Å². The number of hydrogen-bond donors (Lipinski definition) is 0. The quantitative estimate of drug-likeness (QED) is 0.730. The van der Waals surface area contributed by atoms with Crippen LogP contribution in [0.1, 0.15) is 30.3 Å². The van der Waals surface area contributed by atoms with E-state index in [0.29, 0.717) is 12.3 Å². The Morgan fingerprint density at radius 2 is 2.44 bits per heavy atom. The van der Waals surface area contributed by atoms with Gasteiger partial charge in [-0.15, -0.1) is 0 Å². The van der Waals surface area contributed by atoms with E-state index in [1.54, 1.807) is 24.4 Å². The Morgan fingerprint density at radius 3 is 3.06 bits per heavy atom. The van der Waals surface area contributed by atoms with Gasteiger partial charge >= 0.3 is 5.97 Å². The monoisotopic (exact) mass is 221 g/mol. The average Bonchev–Trinajstić information content (AvgIpc) is 2.73. The molecule has 0 bridgehead atoms. The zero-order valence-electron chi connectivity index (χ0n) is 9.26. The molecule has 0 amide bonds. The van der Waals surface area contributed by atoms with Crippen molar-refractivity contribution in [2.45, 2.75) is 32.0 Å². The van der Waals surface area contributed by atoms with E-state index in [-0.39, 0.29) is 18.2 Å². The molecule has 0 radical (unpaired) electrons. The summed E-state index contributed by atoms with van der Waals surface area (Å²) in [6, 6.07) is 5.16. The summed E-state index contributed by atoms with van der Waals surface area (Å²) in [5.41, 5.74) is 0.341. The van der Waals surface area contributed by atoms with Gasteiger partial charge in [0.05, 0.1) is 12.2 Å². The topological polar surface area (TPSA) is 48.4 Å². The number of carbonyl (C=O) groups is 1. The zero-order valence-corrected chi connectivity index (χ0v) is 9.26. The van der Waals surface area contributed by atoms with E-state index in [2.05, 4.69) is 4.98 Å². The zero-order chi connectivity index (χ0) is 11.4. The second-order valence-corrected chi connectivity index (χ2v) is 3.96. The average molecular weight is 221 g/mol. The lowest BCUT2D eigenvalue weighted by Gasteiger charge is -2.11. The van der Waals surface area contributed by atoms with Gasteiger partial charge in [-0.05, 0) is 31.9 Å². The molecule has 0 aliphatic carbocycles. The van der Waals surface area contributed by atoms with Gasteiger partial charge in [0.2, 0.25) is 0 Å². The first kappa shape index (κ1) is 11.1. The molecule has 4 nitrogen and oxygen atoms in total. The summed E-state index contributed by atoms with van der Waals surface area (Å²) < 4.78 is 10.7. The normalized spacial score (nSPS) is 24.3. The molecule has 0 N–H and O–H groups in total. The third-order valence-corrected chi connectivity index (χ3v) is 2.59. The summed E-state index contributed by atoms with van der Waals surface area (Å²) in [6.07, 6.45) is 3.88. The van der Waals surface area contributed by atoms with Crippen LogP contribution >= 0.6 is 0 Å². The van der Waals surface area contributed by atoms with E-state index in [4.69, 9.17) is 9.47 Å². The van der Waals surface area contributed by atoms with E-state index >= 15 is 0 Å². The molecular formula is C12H15NO3. The van der Waals surface area contributed by atoms with Crippen molar-refractivity contribution in [3.05, 3.63) is 30.1 Å². The van der Waals surface area contributed by atoms with Crippen molar-refractivity contribution in [1.29, 1.82) is 0 Å². The number of esters is 1. The van der Waals surface area contributed by atoms with Crippen molar-refractivity contribution < 1.29 is 14.3 Å². The molecule has 1 fully saturated rings. The van der Waals surface area contributed by atoms with Crippen molar-refractivity contribution in [2.75, 3.05) is 6.61 Å². The number of rotatable bonds is 3. The van der Waals surface area contributed by atoms with Crippen molar-refractivity contribution in [2.24, 2.45) is 0 Å². The maximum absolute atomic E-state index is 11.5. The van der Waals surface area contributed by atoms with Crippen molar-refractivity contribution >= 4 is 5.97 Å². The van der Waals surface area contributed by atoms with Crippen molar-refractivity contribution in [3.8, 4) is 0 Å². The molecule has 1 aromatic rings. The summed E-state index contributed by atoms with van der Waals surface area (Å²) in [5.74, 6) is -0.385. The minimum Gasteiger partial charge on any atom is -0.458 e. The lowest BCUT2D eigenvalue weighted by Crippen LogP contribution is -2.19. The van der Waals surface area contributed by atoms with Gasteiger partial charge in [-0.3, -0.25) is 0 Å².